The third kappa shape index (κ3) is 4.36. The van der Waals surface area contributed by atoms with Crippen LogP contribution in [0.25, 0.3) is 0 Å². The van der Waals surface area contributed by atoms with Crippen LogP contribution in [0.5, 0.6) is 0 Å². The molecule has 0 bridgehead atoms. The standard InChI is InChI=1S/C6H7N3O4/c1-12-6(11)4(2-7)9-13-3-5(8)10/h3H2,1H3,(H2,8,10). The van der Waals surface area contributed by atoms with Crippen LogP contribution >= 0.6 is 0 Å². The zero-order valence-electron chi connectivity index (χ0n) is 6.81. The fourth-order valence-electron chi connectivity index (χ4n) is 0.360. The molecule has 2 N–H and O–H groups in total. The van der Waals surface area contributed by atoms with Crippen LogP contribution in [0, 0.1) is 11.3 Å². The molecule has 7 nitrogen and oxygen atoms in total. The van der Waals surface area contributed by atoms with Gasteiger partial charge in [-0.05, 0) is 0 Å². The first kappa shape index (κ1) is 10.9. The number of amides is 1. The molecule has 1 amide bonds. The second kappa shape index (κ2) is 5.54. The van der Waals surface area contributed by atoms with E-state index >= 15 is 0 Å². The van der Waals surface area contributed by atoms with Gasteiger partial charge in [0.2, 0.25) is 0 Å². The predicted octanol–water partition coefficient (Wildman–Crippen LogP) is -1.46. The highest BCUT2D eigenvalue weighted by molar-refractivity contribution is 6.42. The average Bonchev–Trinajstić information content (AvgIpc) is 2.11. The molecule has 0 saturated heterocycles. The van der Waals surface area contributed by atoms with Crippen molar-refractivity contribution in [3.8, 4) is 6.07 Å². The summed E-state index contributed by atoms with van der Waals surface area (Å²) in [5.74, 6) is -1.70. The molecule has 0 atom stereocenters. The summed E-state index contributed by atoms with van der Waals surface area (Å²) in [7, 11) is 1.09. The smallest absolute Gasteiger partial charge is 0.371 e. The molecule has 13 heavy (non-hydrogen) atoms. The van der Waals surface area contributed by atoms with Crippen molar-refractivity contribution in [3.05, 3.63) is 0 Å². The molecule has 0 aromatic rings. The van der Waals surface area contributed by atoms with Gasteiger partial charge in [-0.15, -0.1) is 0 Å². The van der Waals surface area contributed by atoms with Crippen molar-refractivity contribution >= 4 is 17.6 Å². The Kier molecular flexibility index (Phi) is 4.64. The highest BCUT2D eigenvalue weighted by Crippen LogP contribution is 1.84. The summed E-state index contributed by atoms with van der Waals surface area (Å²) >= 11 is 0. The third-order valence-electron chi connectivity index (χ3n) is 0.847. The summed E-state index contributed by atoms with van der Waals surface area (Å²) < 4.78 is 4.17. The SMILES string of the molecule is COC(=O)C(C#N)=NOCC(N)=O. The summed E-state index contributed by atoms with van der Waals surface area (Å²) in [6.07, 6.45) is 0. The number of carbonyl (C=O) groups is 2. The van der Waals surface area contributed by atoms with E-state index < -0.39 is 24.2 Å². The lowest BCUT2D eigenvalue weighted by atomic mass is 10.4. The van der Waals surface area contributed by atoms with E-state index in [1.165, 1.54) is 6.07 Å². The molecule has 0 aliphatic rings. The first-order valence-electron chi connectivity index (χ1n) is 3.08. The van der Waals surface area contributed by atoms with Crippen LogP contribution in [-0.4, -0.2) is 31.3 Å². The highest BCUT2D eigenvalue weighted by Gasteiger charge is 2.11. The molecule has 0 spiro atoms. The first-order chi connectivity index (χ1) is 6.11. The fourth-order valence-corrected chi connectivity index (χ4v) is 0.360. The van der Waals surface area contributed by atoms with Crippen molar-refractivity contribution in [2.45, 2.75) is 0 Å². The van der Waals surface area contributed by atoms with Crippen molar-refractivity contribution in [3.63, 3.8) is 0 Å². The molecule has 70 valence electrons. The minimum absolute atomic E-state index is 0.498. The molecule has 0 saturated carbocycles. The number of esters is 1. The van der Waals surface area contributed by atoms with Crippen LogP contribution in [0.4, 0.5) is 0 Å². The topological polar surface area (TPSA) is 115 Å². The van der Waals surface area contributed by atoms with Gasteiger partial charge >= 0.3 is 5.97 Å². The lowest BCUT2D eigenvalue weighted by Gasteiger charge is -1.95. The molecule has 0 fully saturated rings. The van der Waals surface area contributed by atoms with Gasteiger partial charge in [-0.25, -0.2) is 4.79 Å². The maximum atomic E-state index is 10.6. The van der Waals surface area contributed by atoms with Gasteiger partial charge < -0.3 is 15.3 Å². The van der Waals surface area contributed by atoms with Crippen LogP contribution in [0.3, 0.4) is 0 Å². The van der Waals surface area contributed by atoms with Crippen molar-refractivity contribution < 1.29 is 19.2 Å². The second-order valence-electron chi connectivity index (χ2n) is 1.78. The number of nitriles is 1. The molecule has 0 radical (unpaired) electrons. The van der Waals surface area contributed by atoms with Crippen LogP contribution in [0.1, 0.15) is 0 Å². The Bertz CT molecular complexity index is 278. The Morgan fingerprint density at radius 1 is 1.62 bits per heavy atom. The first-order valence-corrected chi connectivity index (χ1v) is 3.08. The largest absolute Gasteiger partial charge is 0.464 e. The van der Waals surface area contributed by atoms with E-state index in [4.69, 9.17) is 11.0 Å². The van der Waals surface area contributed by atoms with Crippen LogP contribution in [-0.2, 0) is 19.2 Å². The van der Waals surface area contributed by atoms with Gasteiger partial charge in [0, 0.05) is 0 Å². The second-order valence-corrected chi connectivity index (χ2v) is 1.78. The number of nitrogens with zero attached hydrogens (tertiary/aromatic N) is 2. The van der Waals surface area contributed by atoms with Crippen LogP contribution < -0.4 is 5.73 Å². The van der Waals surface area contributed by atoms with Crippen LogP contribution in [0.15, 0.2) is 5.16 Å². The molecule has 0 aromatic heterocycles. The Morgan fingerprint density at radius 3 is 2.62 bits per heavy atom. The van der Waals surface area contributed by atoms with E-state index in [2.05, 4.69) is 14.7 Å². The number of oxime groups is 1. The number of rotatable bonds is 4. The predicted molar refractivity (Wildman–Crippen MR) is 40.2 cm³/mol. The summed E-state index contributed by atoms with van der Waals surface area (Å²) in [5.41, 5.74) is 4.12. The van der Waals surface area contributed by atoms with E-state index in [9.17, 15) is 9.59 Å². The number of nitrogens with two attached hydrogens (primary N) is 1. The number of ether oxygens (including phenoxy) is 1. The van der Waals surface area contributed by atoms with Gasteiger partial charge in [-0.1, -0.05) is 5.16 Å². The minimum Gasteiger partial charge on any atom is -0.464 e. The lowest BCUT2D eigenvalue weighted by molar-refractivity contribution is -0.133. The summed E-state index contributed by atoms with van der Waals surface area (Å²) in [6, 6.07) is 1.42. The fraction of sp³-hybridized carbons (Fsp3) is 0.333. The van der Waals surface area contributed by atoms with Crippen molar-refractivity contribution in [1.29, 1.82) is 5.26 Å². The quantitative estimate of drug-likeness (QED) is 0.326. The van der Waals surface area contributed by atoms with Gasteiger partial charge in [0.1, 0.15) is 6.07 Å². The molecule has 0 rings (SSSR count). The van der Waals surface area contributed by atoms with Gasteiger partial charge in [0.25, 0.3) is 11.6 Å². The average molecular weight is 185 g/mol. The normalized spacial score (nSPS) is 10.0. The van der Waals surface area contributed by atoms with E-state index in [0.29, 0.717) is 0 Å². The molecule has 0 heterocycles. The Balaban J connectivity index is 4.18. The molecule has 0 unspecified atom stereocenters. The van der Waals surface area contributed by atoms with Crippen molar-refractivity contribution in [2.75, 3.05) is 13.7 Å². The number of carbonyl (C=O) groups excluding carboxylic acids is 2. The van der Waals surface area contributed by atoms with E-state index in [1.807, 2.05) is 0 Å². The molecular formula is C6H7N3O4. The lowest BCUT2D eigenvalue weighted by Crippen LogP contribution is -2.19. The Hall–Kier alpha value is -2.10. The van der Waals surface area contributed by atoms with Crippen molar-refractivity contribution in [2.24, 2.45) is 10.9 Å². The van der Waals surface area contributed by atoms with Crippen LogP contribution in [0.2, 0.25) is 0 Å². The maximum Gasteiger partial charge on any atom is 0.371 e. The monoisotopic (exact) mass is 185 g/mol. The molecule has 7 heteroatoms. The van der Waals surface area contributed by atoms with E-state index in [1.54, 1.807) is 0 Å². The zero-order valence-corrected chi connectivity index (χ0v) is 6.81. The molecule has 0 aliphatic carbocycles. The number of hydrogen-bond acceptors (Lipinski definition) is 6. The number of hydrogen-bond donors (Lipinski definition) is 1. The summed E-state index contributed by atoms with van der Waals surface area (Å²) in [6.45, 7) is -0.498. The number of primary amides is 1. The zero-order chi connectivity index (χ0) is 10.3. The van der Waals surface area contributed by atoms with E-state index in [0.717, 1.165) is 7.11 Å². The number of methoxy groups -OCH3 is 1. The maximum absolute atomic E-state index is 10.6. The molecular weight excluding hydrogens is 178 g/mol. The highest BCUT2D eigenvalue weighted by atomic mass is 16.6. The Labute approximate surface area is 73.7 Å². The van der Waals surface area contributed by atoms with Crippen molar-refractivity contribution in [1.82, 2.24) is 0 Å². The van der Waals surface area contributed by atoms with Gasteiger partial charge in [0.15, 0.2) is 6.61 Å². The van der Waals surface area contributed by atoms with E-state index in [-0.39, 0.29) is 0 Å². The Morgan fingerprint density at radius 2 is 2.23 bits per heavy atom. The van der Waals surface area contributed by atoms with Gasteiger partial charge in [-0.3, -0.25) is 4.79 Å². The summed E-state index contributed by atoms with van der Waals surface area (Å²) in [5, 5.41) is 11.3. The third-order valence-corrected chi connectivity index (χ3v) is 0.847. The van der Waals surface area contributed by atoms with Gasteiger partial charge in [0.05, 0.1) is 7.11 Å². The minimum atomic E-state index is -0.938. The van der Waals surface area contributed by atoms with Gasteiger partial charge in [-0.2, -0.15) is 5.26 Å². The summed E-state index contributed by atoms with van der Waals surface area (Å²) in [4.78, 5) is 25.0. The molecule has 0 aromatic carbocycles. The molecule has 0 aliphatic heterocycles.